The molecule has 6 nitrogen and oxygen atoms in total. The Kier molecular flexibility index (Phi) is 11.8. The molecule has 0 spiro atoms. The summed E-state index contributed by atoms with van der Waals surface area (Å²) in [7, 11) is 0. The summed E-state index contributed by atoms with van der Waals surface area (Å²) in [5, 5.41) is 7.80. The fourth-order valence-electron chi connectivity index (χ4n) is 7.21. The van der Waals surface area contributed by atoms with Crippen molar-refractivity contribution < 1.29 is 0 Å². The standard InChI is InChI=1S/C34H47N5.C6H11N/c1-6-28-16-17-33(37-25(28)4)30-14-12-27(13-15-30)22-38(26(5)29-10-8-7-9-11-29)34-20-31(18-19-35-34)32-21-36-39(23-32)24(2)3;1-5(2)7-6-3-4-6/h16-21,23-24,27,29-30H,5-15,22H2,1-4H3;6-7H,1,3-4H2,2H3. The van der Waals surface area contributed by atoms with Gasteiger partial charge in [-0.25, -0.2) is 4.98 Å². The van der Waals surface area contributed by atoms with Gasteiger partial charge in [0.25, 0.3) is 0 Å². The molecule has 46 heavy (non-hydrogen) atoms. The van der Waals surface area contributed by atoms with E-state index >= 15 is 0 Å². The average molecular weight is 623 g/mol. The van der Waals surface area contributed by atoms with Crippen LogP contribution in [0.5, 0.6) is 0 Å². The van der Waals surface area contributed by atoms with E-state index in [4.69, 9.17) is 16.5 Å². The first-order chi connectivity index (χ1) is 22.2. The Balaban J connectivity index is 0.000000527. The molecular formula is C40H58N6. The zero-order valence-electron chi connectivity index (χ0n) is 29.3. The van der Waals surface area contributed by atoms with E-state index in [0.29, 0.717) is 23.8 Å². The van der Waals surface area contributed by atoms with Gasteiger partial charge in [-0.2, -0.15) is 5.10 Å². The average Bonchev–Trinajstić information content (AvgIpc) is 3.73. The second-order valence-electron chi connectivity index (χ2n) is 14.4. The molecule has 0 amide bonds. The second kappa shape index (κ2) is 15.9. The summed E-state index contributed by atoms with van der Waals surface area (Å²) in [6, 6.07) is 10.1. The molecule has 3 heterocycles. The molecule has 3 fully saturated rings. The van der Waals surface area contributed by atoms with E-state index in [2.05, 4.69) is 80.1 Å². The molecule has 6 heteroatoms. The number of allylic oxidation sites excluding steroid dienone is 2. The molecule has 248 valence electrons. The minimum absolute atomic E-state index is 0.349. The zero-order chi connectivity index (χ0) is 32.6. The van der Waals surface area contributed by atoms with Crippen molar-refractivity contribution in [1.82, 2.24) is 25.1 Å². The molecule has 0 unspecified atom stereocenters. The van der Waals surface area contributed by atoms with Gasteiger partial charge in [0.15, 0.2) is 0 Å². The molecule has 3 aromatic rings. The van der Waals surface area contributed by atoms with E-state index in [1.807, 2.05) is 24.0 Å². The third-order valence-electron chi connectivity index (χ3n) is 10.2. The van der Waals surface area contributed by atoms with Gasteiger partial charge in [0.05, 0.1) is 6.20 Å². The highest BCUT2D eigenvalue weighted by atomic mass is 15.3. The van der Waals surface area contributed by atoms with Gasteiger partial charge in [-0.3, -0.25) is 9.67 Å². The fraction of sp³-hybridized carbons (Fsp3) is 0.575. The Bertz CT molecular complexity index is 1440. The molecule has 3 aromatic heterocycles. The largest absolute Gasteiger partial charge is 0.386 e. The van der Waals surface area contributed by atoms with Crippen LogP contribution >= 0.6 is 0 Å². The lowest BCUT2D eigenvalue weighted by Crippen LogP contribution is -2.34. The third-order valence-corrected chi connectivity index (χ3v) is 10.2. The number of aryl methyl sites for hydroxylation is 2. The molecule has 0 bridgehead atoms. The van der Waals surface area contributed by atoms with Crippen molar-refractivity contribution in [1.29, 1.82) is 0 Å². The summed E-state index contributed by atoms with van der Waals surface area (Å²) in [6.07, 6.45) is 21.2. The number of pyridine rings is 2. The Labute approximate surface area is 278 Å². The maximum Gasteiger partial charge on any atom is 0.133 e. The van der Waals surface area contributed by atoms with Crippen LogP contribution in [0.3, 0.4) is 0 Å². The lowest BCUT2D eigenvalue weighted by Gasteiger charge is -2.37. The van der Waals surface area contributed by atoms with Crippen molar-refractivity contribution in [2.24, 2.45) is 11.8 Å². The highest BCUT2D eigenvalue weighted by Gasteiger charge is 2.29. The van der Waals surface area contributed by atoms with Crippen LogP contribution in [-0.4, -0.2) is 32.3 Å². The Morgan fingerprint density at radius 2 is 1.72 bits per heavy atom. The predicted octanol–water partition coefficient (Wildman–Crippen LogP) is 9.94. The van der Waals surface area contributed by atoms with Crippen LogP contribution in [0.4, 0.5) is 5.82 Å². The normalized spacial score (nSPS) is 20.1. The molecule has 3 aliphatic rings. The van der Waals surface area contributed by atoms with Crippen LogP contribution in [0, 0.1) is 18.8 Å². The quantitative estimate of drug-likeness (QED) is 0.231. The first-order valence-corrected chi connectivity index (χ1v) is 18.1. The molecule has 0 saturated heterocycles. The Morgan fingerprint density at radius 1 is 0.978 bits per heavy atom. The van der Waals surface area contributed by atoms with Crippen LogP contribution in [-0.2, 0) is 6.42 Å². The number of aromatic nitrogens is 4. The van der Waals surface area contributed by atoms with Gasteiger partial charge in [-0.05, 0) is 127 Å². The molecule has 3 saturated carbocycles. The van der Waals surface area contributed by atoms with E-state index in [1.54, 1.807) is 0 Å². The van der Waals surface area contributed by atoms with Crippen molar-refractivity contribution in [3.05, 3.63) is 84.4 Å². The Morgan fingerprint density at radius 3 is 2.30 bits per heavy atom. The lowest BCUT2D eigenvalue weighted by atomic mass is 9.79. The summed E-state index contributed by atoms with van der Waals surface area (Å²) >= 11 is 0. The van der Waals surface area contributed by atoms with Crippen LogP contribution in [0.15, 0.2) is 67.4 Å². The van der Waals surface area contributed by atoms with E-state index < -0.39 is 0 Å². The first kappa shape index (κ1) is 33.9. The van der Waals surface area contributed by atoms with Gasteiger partial charge in [-0.15, -0.1) is 0 Å². The summed E-state index contributed by atoms with van der Waals surface area (Å²) in [4.78, 5) is 12.4. The van der Waals surface area contributed by atoms with Gasteiger partial charge in [0.2, 0.25) is 0 Å². The van der Waals surface area contributed by atoms with Crippen molar-refractivity contribution >= 4 is 5.82 Å². The first-order valence-electron chi connectivity index (χ1n) is 18.1. The number of hydrogen-bond acceptors (Lipinski definition) is 5. The minimum Gasteiger partial charge on any atom is -0.386 e. The van der Waals surface area contributed by atoms with Gasteiger partial charge >= 0.3 is 0 Å². The maximum atomic E-state index is 5.00. The number of anilines is 1. The highest BCUT2D eigenvalue weighted by molar-refractivity contribution is 5.66. The van der Waals surface area contributed by atoms with Gasteiger partial charge in [0.1, 0.15) is 5.82 Å². The molecule has 0 radical (unpaired) electrons. The van der Waals surface area contributed by atoms with Crippen LogP contribution in [0.25, 0.3) is 11.1 Å². The predicted molar refractivity (Wildman–Crippen MR) is 193 cm³/mol. The third kappa shape index (κ3) is 9.11. The summed E-state index contributed by atoms with van der Waals surface area (Å²) < 4.78 is 2.03. The monoisotopic (exact) mass is 622 g/mol. The summed E-state index contributed by atoms with van der Waals surface area (Å²) in [6.45, 7) is 20.1. The van der Waals surface area contributed by atoms with E-state index in [0.717, 1.165) is 36.1 Å². The highest BCUT2D eigenvalue weighted by Crippen LogP contribution is 2.39. The minimum atomic E-state index is 0.349. The van der Waals surface area contributed by atoms with Crippen molar-refractivity contribution in [3.8, 4) is 11.1 Å². The van der Waals surface area contributed by atoms with Crippen LogP contribution in [0.2, 0.25) is 0 Å². The number of nitrogens with one attached hydrogen (secondary N) is 1. The lowest BCUT2D eigenvalue weighted by molar-refractivity contribution is 0.320. The smallest absolute Gasteiger partial charge is 0.133 e. The molecule has 0 aromatic carbocycles. The maximum absolute atomic E-state index is 5.00. The number of rotatable bonds is 11. The SMILES string of the molecule is C=C(C)NC1CC1.C=C(C1CCCCC1)N(CC1CCC(c2ccc(CC)c(C)n2)CC1)c1cc(-c2cnn(C(C)C)c2)ccn1. The van der Waals surface area contributed by atoms with E-state index in [1.165, 1.54) is 98.8 Å². The second-order valence-corrected chi connectivity index (χ2v) is 14.4. The summed E-state index contributed by atoms with van der Waals surface area (Å²) in [5.74, 6) is 2.83. The molecule has 0 aliphatic heterocycles. The topological polar surface area (TPSA) is 58.9 Å². The van der Waals surface area contributed by atoms with Crippen LogP contribution in [0.1, 0.15) is 127 Å². The number of nitrogens with zero attached hydrogens (tertiary/aromatic N) is 5. The number of hydrogen-bond donors (Lipinski definition) is 1. The van der Waals surface area contributed by atoms with E-state index in [-0.39, 0.29) is 0 Å². The van der Waals surface area contributed by atoms with Crippen molar-refractivity contribution in [2.45, 2.75) is 130 Å². The fourth-order valence-corrected chi connectivity index (χ4v) is 7.21. The van der Waals surface area contributed by atoms with Gasteiger partial charge < -0.3 is 10.2 Å². The van der Waals surface area contributed by atoms with Crippen molar-refractivity contribution in [2.75, 3.05) is 11.4 Å². The molecule has 3 aliphatic carbocycles. The van der Waals surface area contributed by atoms with E-state index in [9.17, 15) is 0 Å². The molecule has 0 atom stereocenters. The molecule has 6 rings (SSSR count). The Hall–Kier alpha value is -3.41. The zero-order valence-corrected chi connectivity index (χ0v) is 29.3. The van der Waals surface area contributed by atoms with Crippen LogP contribution < -0.4 is 10.2 Å². The molecular weight excluding hydrogens is 564 g/mol. The van der Waals surface area contributed by atoms with Crippen molar-refractivity contribution in [3.63, 3.8) is 0 Å². The van der Waals surface area contributed by atoms with Gasteiger partial charge in [0, 0.05) is 65.3 Å². The summed E-state index contributed by atoms with van der Waals surface area (Å²) in [5.41, 5.74) is 8.56. The molecule has 1 N–H and O–H groups in total. The van der Waals surface area contributed by atoms with Gasteiger partial charge in [-0.1, -0.05) is 45.4 Å².